The highest BCUT2D eigenvalue weighted by Crippen LogP contribution is 2.23. The van der Waals surface area contributed by atoms with Gasteiger partial charge in [-0.15, -0.1) is 0 Å². The van der Waals surface area contributed by atoms with E-state index in [-0.39, 0.29) is 10.9 Å². The van der Waals surface area contributed by atoms with Gasteiger partial charge in [0.15, 0.2) is 0 Å². The van der Waals surface area contributed by atoms with Gasteiger partial charge >= 0.3 is 0 Å². The maximum absolute atomic E-state index is 13.1. The van der Waals surface area contributed by atoms with Gasteiger partial charge in [-0.25, -0.2) is 4.39 Å². The van der Waals surface area contributed by atoms with Crippen LogP contribution in [-0.2, 0) is 13.0 Å². The second kappa shape index (κ2) is 5.74. The molecule has 1 amide bonds. The van der Waals surface area contributed by atoms with Crippen LogP contribution in [0.3, 0.4) is 0 Å². The van der Waals surface area contributed by atoms with E-state index in [1.54, 1.807) is 12.1 Å². The van der Waals surface area contributed by atoms with Crippen LogP contribution in [0.4, 0.5) is 10.1 Å². The van der Waals surface area contributed by atoms with Crippen molar-refractivity contribution in [2.75, 3.05) is 11.9 Å². The highest BCUT2D eigenvalue weighted by Gasteiger charge is 2.13. The monoisotopic (exact) mass is 304 g/mol. The second-order valence-corrected chi connectivity index (χ2v) is 5.39. The molecular formula is C16H14ClFN2O. The van der Waals surface area contributed by atoms with E-state index in [0.29, 0.717) is 12.1 Å². The van der Waals surface area contributed by atoms with Crippen LogP contribution in [0.2, 0.25) is 5.02 Å². The summed E-state index contributed by atoms with van der Waals surface area (Å²) in [5.74, 6) is -0.608. The first-order chi connectivity index (χ1) is 10.1. The third-order valence-corrected chi connectivity index (χ3v) is 3.80. The maximum Gasteiger partial charge on any atom is 0.251 e. The normalized spacial score (nSPS) is 12.7. The predicted molar refractivity (Wildman–Crippen MR) is 81.2 cm³/mol. The lowest BCUT2D eigenvalue weighted by atomic mass is 10.1. The number of carbonyl (C=O) groups is 1. The summed E-state index contributed by atoms with van der Waals surface area (Å²) in [5.41, 5.74) is 3.65. The molecule has 1 aliphatic rings. The molecule has 0 unspecified atom stereocenters. The molecular weight excluding hydrogens is 291 g/mol. The van der Waals surface area contributed by atoms with E-state index in [1.807, 2.05) is 12.1 Å². The van der Waals surface area contributed by atoms with Gasteiger partial charge in [0.1, 0.15) is 5.82 Å². The highest BCUT2D eigenvalue weighted by atomic mass is 35.5. The fraction of sp³-hybridized carbons (Fsp3) is 0.188. The topological polar surface area (TPSA) is 41.1 Å². The molecule has 2 aromatic carbocycles. The molecule has 0 atom stereocenters. The molecule has 0 radical (unpaired) electrons. The predicted octanol–water partition coefficient (Wildman–Crippen LogP) is 3.38. The number of carbonyl (C=O) groups excluding carboxylic acids is 1. The van der Waals surface area contributed by atoms with E-state index in [1.165, 1.54) is 12.1 Å². The van der Waals surface area contributed by atoms with Crippen molar-refractivity contribution in [1.29, 1.82) is 0 Å². The lowest BCUT2D eigenvalue weighted by Crippen LogP contribution is -2.22. The zero-order chi connectivity index (χ0) is 14.8. The van der Waals surface area contributed by atoms with Gasteiger partial charge in [0.25, 0.3) is 5.91 Å². The van der Waals surface area contributed by atoms with Crippen molar-refractivity contribution < 1.29 is 9.18 Å². The van der Waals surface area contributed by atoms with Crippen LogP contribution < -0.4 is 10.6 Å². The lowest BCUT2D eigenvalue weighted by Gasteiger charge is -2.07. The molecule has 3 rings (SSSR count). The summed E-state index contributed by atoms with van der Waals surface area (Å²) < 4.78 is 13.1. The Bertz CT molecular complexity index is 703. The smallest absolute Gasteiger partial charge is 0.251 e. The maximum atomic E-state index is 13.1. The van der Waals surface area contributed by atoms with Crippen molar-refractivity contribution in [2.24, 2.45) is 0 Å². The summed E-state index contributed by atoms with van der Waals surface area (Å²) in [6.07, 6.45) is 0.935. The Balaban J connectivity index is 1.67. The molecule has 0 fully saturated rings. The molecule has 108 valence electrons. The van der Waals surface area contributed by atoms with Crippen LogP contribution in [0.25, 0.3) is 0 Å². The van der Waals surface area contributed by atoms with Gasteiger partial charge in [-0.2, -0.15) is 0 Å². The Morgan fingerprint density at radius 3 is 2.95 bits per heavy atom. The average molecular weight is 305 g/mol. The molecule has 1 heterocycles. The number of anilines is 1. The molecule has 3 nitrogen and oxygen atoms in total. The summed E-state index contributed by atoms with van der Waals surface area (Å²) in [6, 6.07) is 10.0. The number of fused-ring (bicyclic) bond motifs is 1. The van der Waals surface area contributed by atoms with E-state index >= 15 is 0 Å². The van der Waals surface area contributed by atoms with Crippen LogP contribution in [0, 0.1) is 5.82 Å². The number of amides is 1. The van der Waals surface area contributed by atoms with Crippen LogP contribution in [0.5, 0.6) is 0 Å². The standard InChI is InChI=1S/C16H14ClFN2O/c17-13-7-10(1-3-14(13)18)9-20-16(21)12-2-4-15-11(8-12)5-6-19-15/h1-4,7-8,19H,5-6,9H2,(H,20,21). The molecule has 0 aliphatic carbocycles. The number of rotatable bonds is 3. The number of halogens is 2. The molecule has 21 heavy (non-hydrogen) atoms. The summed E-state index contributed by atoms with van der Waals surface area (Å²) in [4.78, 5) is 12.1. The summed E-state index contributed by atoms with van der Waals surface area (Å²) >= 11 is 5.72. The van der Waals surface area contributed by atoms with Gasteiger partial charge in [0.05, 0.1) is 5.02 Å². The fourth-order valence-corrected chi connectivity index (χ4v) is 2.58. The Morgan fingerprint density at radius 1 is 1.29 bits per heavy atom. The first-order valence-electron chi connectivity index (χ1n) is 6.72. The summed E-state index contributed by atoms with van der Waals surface area (Å²) in [7, 11) is 0. The van der Waals surface area contributed by atoms with Crippen molar-refractivity contribution in [2.45, 2.75) is 13.0 Å². The summed E-state index contributed by atoms with van der Waals surface area (Å²) in [6.45, 7) is 1.22. The first-order valence-corrected chi connectivity index (χ1v) is 7.10. The van der Waals surface area contributed by atoms with E-state index in [4.69, 9.17) is 11.6 Å². The van der Waals surface area contributed by atoms with Gasteiger partial charge < -0.3 is 10.6 Å². The minimum atomic E-state index is -0.460. The third-order valence-electron chi connectivity index (χ3n) is 3.51. The number of nitrogens with one attached hydrogen (secondary N) is 2. The molecule has 0 saturated heterocycles. The van der Waals surface area contributed by atoms with Gasteiger partial charge in [0, 0.05) is 24.3 Å². The Kier molecular flexibility index (Phi) is 3.80. The third kappa shape index (κ3) is 3.00. The number of hydrogen-bond acceptors (Lipinski definition) is 2. The largest absolute Gasteiger partial charge is 0.384 e. The van der Waals surface area contributed by atoms with Crippen LogP contribution in [0.1, 0.15) is 21.5 Å². The van der Waals surface area contributed by atoms with Gasteiger partial charge in [-0.1, -0.05) is 17.7 Å². The Morgan fingerprint density at radius 2 is 2.14 bits per heavy atom. The zero-order valence-electron chi connectivity index (χ0n) is 11.2. The lowest BCUT2D eigenvalue weighted by molar-refractivity contribution is 0.0951. The second-order valence-electron chi connectivity index (χ2n) is 4.98. The SMILES string of the molecule is O=C(NCc1ccc(F)c(Cl)c1)c1ccc2c(c1)CCN2. The number of benzene rings is 2. The molecule has 1 aliphatic heterocycles. The van der Waals surface area contributed by atoms with Crippen molar-refractivity contribution in [3.05, 3.63) is 63.9 Å². The van der Waals surface area contributed by atoms with Crippen molar-refractivity contribution in [1.82, 2.24) is 5.32 Å². The molecule has 2 aromatic rings. The quantitative estimate of drug-likeness (QED) is 0.913. The van der Waals surface area contributed by atoms with Crippen LogP contribution in [-0.4, -0.2) is 12.5 Å². The van der Waals surface area contributed by atoms with Crippen molar-refractivity contribution in [3.63, 3.8) is 0 Å². The number of hydrogen-bond donors (Lipinski definition) is 2. The molecule has 5 heteroatoms. The van der Waals surface area contributed by atoms with E-state index < -0.39 is 5.82 Å². The zero-order valence-corrected chi connectivity index (χ0v) is 12.0. The molecule has 0 saturated carbocycles. The van der Waals surface area contributed by atoms with Crippen LogP contribution >= 0.6 is 11.6 Å². The van der Waals surface area contributed by atoms with E-state index in [0.717, 1.165) is 29.8 Å². The Labute approximate surface area is 127 Å². The molecule has 2 N–H and O–H groups in total. The van der Waals surface area contributed by atoms with Gasteiger partial charge in [-0.05, 0) is 47.9 Å². The highest BCUT2D eigenvalue weighted by molar-refractivity contribution is 6.30. The average Bonchev–Trinajstić information content (AvgIpc) is 2.95. The molecule has 0 bridgehead atoms. The minimum absolute atomic E-state index is 0.0605. The molecule has 0 aromatic heterocycles. The van der Waals surface area contributed by atoms with Gasteiger partial charge in [0.2, 0.25) is 0 Å². The fourth-order valence-electron chi connectivity index (χ4n) is 2.38. The molecule has 0 spiro atoms. The van der Waals surface area contributed by atoms with Gasteiger partial charge in [-0.3, -0.25) is 4.79 Å². The minimum Gasteiger partial charge on any atom is -0.384 e. The Hall–Kier alpha value is -2.07. The van der Waals surface area contributed by atoms with Crippen molar-refractivity contribution >= 4 is 23.2 Å². The summed E-state index contributed by atoms with van der Waals surface area (Å²) in [5, 5.41) is 6.13. The van der Waals surface area contributed by atoms with E-state index in [2.05, 4.69) is 10.6 Å². The van der Waals surface area contributed by atoms with Crippen LogP contribution in [0.15, 0.2) is 36.4 Å². The first kappa shape index (κ1) is 13.9. The van der Waals surface area contributed by atoms with Crippen molar-refractivity contribution in [3.8, 4) is 0 Å². The van der Waals surface area contributed by atoms with E-state index in [9.17, 15) is 9.18 Å².